The summed E-state index contributed by atoms with van der Waals surface area (Å²) in [7, 11) is 1.61. The maximum absolute atomic E-state index is 9.08. The van der Waals surface area contributed by atoms with E-state index in [-0.39, 0.29) is 6.61 Å². The Hall–Kier alpha value is -1.73. The fraction of sp³-hybridized carbons (Fsp3) is 0.533. The van der Waals surface area contributed by atoms with Gasteiger partial charge in [-0.25, -0.2) is 0 Å². The zero-order valence-corrected chi connectivity index (χ0v) is 11.6. The fourth-order valence-corrected chi connectivity index (χ4v) is 2.09. The second-order valence-corrected chi connectivity index (χ2v) is 4.57. The number of aliphatic hydroxyl groups is 1. The van der Waals surface area contributed by atoms with Crippen LogP contribution in [0, 0.1) is 17.2 Å². The first-order valence-corrected chi connectivity index (χ1v) is 6.68. The van der Waals surface area contributed by atoms with Gasteiger partial charge in [0.15, 0.2) is 0 Å². The Morgan fingerprint density at radius 3 is 2.79 bits per heavy atom. The largest absolute Gasteiger partial charge is 0.497 e. The minimum atomic E-state index is 0.204. The van der Waals surface area contributed by atoms with Crippen molar-refractivity contribution in [2.75, 3.05) is 25.6 Å². The number of ether oxygens (including phenoxy) is 1. The molecule has 0 aliphatic carbocycles. The van der Waals surface area contributed by atoms with Gasteiger partial charge in [0.25, 0.3) is 0 Å². The van der Waals surface area contributed by atoms with Gasteiger partial charge >= 0.3 is 0 Å². The van der Waals surface area contributed by atoms with Crippen LogP contribution in [0.15, 0.2) is 18.2 Å². The van der Waals surface area contributed by atoms with Crippen molar-refractivity contribution in [2.24, 2.45) is 5.92 Å². The smallest absolute Gasteiger partial charge is 0.121 e. The first kappa shape index (κ1) is 15.3. The minimum Gasteiger partial charge on any atom is -0.497 e. The molecule has 0 amide bonds. The van der Waals surface area contributed by atoms with E-state index in [9.17, 15) is 0 Å². The molecule has 104 valence electrons. The minimum absolute atomic E-state index is 0.204. The molecule has 4 heteroatoms. The summed E-state index contributed by atoms with van der Waals surface area (Å²) in [5, 5.41) is 21.4. The Morgan fingerprint density at radius 2 is 2.21 bits per heavy atom. The predicted molar refractivity (Wildman–Crippen MR) is 76.3 cm³/mol. The molecule has 0 saturated carbocycles. The summed E-state index contributed by atoms with van der Waals surface area (Å²) in [5.74, 6) is 1.16. The number of nitrogens with zero attached hydrogens (tertiary/aromatic N) is 1. The number of aliphatic hydroxyl groups excluding tert-OH is 1. The normalized spacial score (nSPS) is 11.7. The van der Waals surface area contributed by atoms with E-state index in [2.05, 4.69) is 18.3 Å². The van der Waals surface area contributed by atoms with E-state index in [1.807, 2.05) is 6.07 Å². The lowest BCUT2D eigenvalue weighted by Gasteiger charge is -2.17. The highest BCUT2D eigenvalue weighted by Crippen LogP contribution is 2.23. The quantitative estimate of drug-likeness (QED) is 0.756. The third kappa shape index (κ3) is 4.80. The van der Waals surface area contributed by atoms with Crippen molar-refractivity contribution in [1.29, 1.82) is 5.26 Å². The number of nitrogens with one attached hydrogen (secondary N) is 1. The van der Waals surface area contributed by atoms with E-state index in [4.69, 9.17) is 15.1 Å². The van der Waals surface area contributed by atoms with E-state index in [1.165, 1.54) is 0 Å². The monoisotopic (exact) mass is 262 g/mol. The molecule has 0 aliphatic rings. The van der Waals surface area contributed by atoms with E-state index in [0.29, 0.717) is 11.5 Å². The molecule has 19 heavy (non-hydrogen) atoms. The molecule has 1 rings (SSSR count). The van der Waals surface area contributed by atoms with Gasteiger partial charge in [0, 0.05) is 19.2 Å². The number of rotatable bonds is 8. The maximum Gasteiger partial charge on any atom is 0.121 e. The Labute approximate surface area is 115 Å². The van der Waals surface area contributed by atoms with Gasteiger partial charge in [-0.1, -0.05) is 13.3 Å². The van der Waals surface area contributed by atoms with Crippen LogP contribution in [-0.4, -0.2) is 25.4 Å². The zero-order chi connectivity index (χ0) is 14.1. The summed E-state index contributed by atoms with van der Waals surface area (Å²) in [6, 6.07) is 7.53. The van der Waals surface area contributed by atoms with Crippen LogP contribution in [0.5, 0.6) is 5.75 Å². The number of hydrogen-bond acceptors (Lipinski definition) is 4. The van der Waals surface area contributed by atoms with Gasteiger partial charge in [-0.2, -0.15) is 5.26 Å². The molecular weight excluding hydrogens is 240 g/mol. The molecule has 1 aromatic carbocycles. The third-order valence-corrected chi connectivity index (χ3v) is 3.16. The fourth-order valence-electron chi connectivity index (χ4n) is 2.09. The van der Waals surface area contributed by atoms with Gasteiger partial charge in [0.2, 0.25) is 0 Å². The summed E-state index contributed by atoms with van der Waals surface area (Å²) in [6.07, 6.45) is 2.95. The average molecular weight is 262 g/mol. The number of benzene rings is 1. The molecule has 1 atom stereocenters. The Morgan fingerprint density at radius 1 is 1.42 bits per heavy atom. The molecule has 4 nitrogen and oxygen atoms in total. The van der Waals surface area contributed by atoms with Crippen LogP contribution in [0.4, 0.5) is 5.69 Å². The first-order chi connectivity index (χ1) is 9.24. The van der Waals surface area contributed by atoms with Crippen molar-refractivity contribution in [3.8, 4) is 11.8 Å². The number of methoxy groups -OCH3 is 1. The van der Waals surface area contributed by atoms with Crippen molar-refractivity contribution in [1.82, 2.24) is 0 Å². The summed E-state index contributed by atoms with van der Waals surface area (Å²) >= 11 is 0. The molecule has 0 radical (unpaired) electrons. The highest BCUT2D eigenvalue weighted by Gasteiger charge is 2.09. The topological polar surface area (TPSA) is 65.3 Å². The Balaban J connectivity index is 2.71. The lowest BCUT2D eigenvalue weighted by atomic mass is 10.00. The van der Waals surface area contributed by atoms with Crippen LogP contribution < -0.4 is 10.1 Å². The summed E-state index contributed by atoms with van der Waals surface area (Å²) in [6.45, 7) is 3.10. The lowest BCUT2D eigenvalue weighted by Crippen LogP contribution is -2.16. The van der Waals surface area contributed by atoms with Crippen LogP contribution in [0.25, 0.3) is 0 Å². The van der Waals surface area contributed by atoms with Gasteiger partial charge in [0.1, 0.15) is 11.8 Å². The van der Waals surface area contributed by atoms with Crippen molar-refractivity contribution in [2.45, 2.75) is 26.2 Å². The van der Waals surface area contributed by atoms with Crippen molar-refractivity contribution in [3.05, 3.63) is 23.8 Å². The second kappa shape index (κ2) is 8.39. The standard InChI is InChI=1S/C15H22N2O2/c1-3-4-12(7-8-18)11-17-15-9-14(19-2)6-5-13(15)10-16/h5-6,9,12,17-18H,3-4,7-8,11H2,1-2H3. The van der Waals surface area contributed by atoms with Crippen molar-refractivity contribution < 1.29 is 9.84 Å². The molecule has 2 N–H and O–H groups in total. The highest BCUT2D eigenvalue weighted by molar-refractivity contribution is 5.60. The molecule has 0 fully saturated rings. The number of anilines is 1. The van der Waals surface area contributed by atoms with Crippen LogP contribution in [0.3, 0.4) is 0 Å². The summed E-state index contributed by atoms with van der Waals surface area (Å²) in [4.78, 5) is 0. The van der Waals surface area contributed by atoms with E-state index in [1.54, 1.807) is 19.2 Å². The number of hydrogen-bond donors (Lipinski definition) is 2. The molecule has 0 heterocycles. The molecular formula is C15H22N2O2. The second-order valence-electron chi connectivity index (χ2n) is 4.57. The van der Waals surface area contributed by atoms with E-state index in [0.717, 1.165) is 37.2 Å². The molecule has 1 aromatic rings. The predicted octanol–water partition coefficient (Wildman–Crippen LogP) is 2.78. The van der Waals surface area contributed by atoms with Crippen LogP contribution in [0.2, 0.25) is 0 Å². The van der Waals surface area contributed by atoms with E-state index >= 15 is 0 Å². The van der Waals surface area contributed by atoms with Gasteiger partial charge in [0.05, 0.1) is 18.4 Å². The Bertz CT molecular complexity index is 421. The van der Waals surface area contributed by atoms with Crippen LogP contribution >= 0.6 is 0 Å². The van der Waals surface area contributed by atoms with Crippen LogP contribution in [-0.2, 0) is 0 Å². The maximum atomic E-state index is 9.08. The highest BCUT2D eigenvalue weighted by atomic mass is 16.5. The molecule has 0 spiro atoms. The summed E-state index contributed by atoms with van der Waals surface area (Å²) in [5.41, 5.74) is 1.40. The Kier molecular flexibility index (Phi) is 6.76. The SMILES string of the molecule is CCCC(CCO)CNc1cc(OC)ccc1C#N. The lowest BCUT2D eigenvalue weighted by molar-refractivity contribution is 0.255. The molecule has 1 unspecified atom stereocenters. The average Bonchev–Trinajstić information content (AvgIpc) is 2.44. The van der Waals surface area contributed by atoms with Gasteiger partial charge in [-0.15, -0.1) is 0 Å². The first-order valence-electron chi connectivity index (χ1n) is 6.68. The van der Waals surface area contributed by atoms with Crippen molar-refractivity contribution >= 4 is 5.69 Å². The zero-order valence-electron chi connectivity index (χ0n) is 11.6. The molecule has 0 bridgehead atoms. The van der Waals surface area contributed by atoms with Crippen molar-refractivity contribution in [3.63, 3.8) is 0 Å². The summed E-state index contributed by atoms with van der Waals surface area (Å²) < 4.78 is 5.17. The molecule has 0 saturated heterocycles. The van der Waals surface area contributed by atoms with Gasteiger partial charge in [-0.3, -0.25) is 0 Å². The van der Waals surface area contributed by atoms with Gasteiger partial charge < -0.3 is 15.2 Å². The van der Waals surface area contributed by atoms with Gasteiger partial charge in [-0.05, 0) is 30.9 Å². The third-order valence-electron chi connectivity index (χ3n) is 3.16. The van der Waals surface area contributed by atoms with E-state index < -0.39 is 0 Å². The molecule has 0 aromatic heterocycles. The number of nitriles is 1. The van der Waals surface area contributed by atoms with Crippen LogP contribution in [0.1, 0.15) is 31.7 Å². The molecule has 0 aliphatic heterocycles.